The third-order valence-electron chi connectivity index (χ3n) is 2.52. The zero-order valence-corrected chi connectivity index (χ0v) is 9.69. The molecule has 0 radical (unpaired) electrons. The minimum absolute atomic E-state index is 0.192. The first-order chi connectivity index (χ1) is 7.41. The molecule has 0 saturated heterocycles. The van der Waals surface area contributed by atoms with Gasteiger partial charge in [0.1, 0.15) is 11.8 Å². The van der Waals surface area contributed by atoms with E-state index in [2.05, 4.69) is 5.32 Å². The largest absolute Gasteiger partial charge is 0.508 e. The van der Waals surface area contributed by atoms with Crippen molar-refractivity contribution in [3.8, 4) is 5.75 Å². The number of aryl methyl sites for hydroxylation is 1. The van der Waals surface area contributed by atoms with Gasteiger partial charge in [0.05, 0.1) is 0 Å². The fourth-order valence-electron chi connectivity index (χ4n) is 1.56. The van der Waals surface area contributed by atoms with Crippen molar-refractivity contribution < 1.29 is 15.0 Å². The molecule has 3 N–H and O–H groups in total. The van der Waals surface area contributed by atoms with Crippen molar-refractivity contribution in [2.75, 3.05) is 0 Å². The number of carboxylic acid groups (broad SMARTS) is 1. The van der Waals surface area contributed by atoms with Crippen LogP contribution in [-0.4, -0.2) is 22.2 Å². The summed E-state index contributed by atoms with van der Waals surface area (Å²) in [7, 11) is 0. The molecule has 88 valence electrons. The molecule has 0 aliphatic rings. The predicted octanol–water partition coefficient (Wildman–Crippen LogP) is 1.82. The van der Waals surface area contributed by atoms with Crippen LogP contribution >= 0.6 is 0 Å². The summed E-state index contributed by atoms with van der Waals surface area (Å²) in [5, 5.41) is 21.4. The summed E-state index contributed by atoms with van der Waals surface area (Å²) in [6.07, 6.45) is 0. The van der Waals surface area contributed by atoms with E-state index in [0.717, 1.165) is 5.56 Å². The van der Waals surface area contributed by atoms with Crippen molar-refractivity contribution in [3.05, 3.63) is 29.3 Å². The third kappa shape index (κ3) is 2.97. The van der Waals surface area contributed by atoms with Gasteiger partial charge in [0, 0.05) is 11.6 Å². The average Bonchev–Trinajstić information content (AvgIpc) is 2.16. The minimum Gasteiger partial charge on any atom is -0.508 e. The van der Waals surface area contributed by atoms with E-state index >= 15 is 0 Å². The van der Waals surface area contributed by atoms with E-state index in [1.807, 2.05) is 19.9 Å². The molecule has 1 aromatic carbocycles. The first-order valence-electron chi connectivity index (χ1n) is 5.20. The zero-order chi connectivity index (χ0) is 12.3. The molecule has 0 aliphatic heterocycles. The number of hydrogen-bond acceptors (Lipinski definition) is 3. The van der Waals surface area contributed by atoms with Gasteiger partial charge < -0.3 is 10.2 Å². The molecule has 2 unspecified atom stereocenters. The van der Waals surface area contributed by atoms with Gasteiger partial charge in [0.15, 0.2) is 0 Å². The lowest BCUT2D eigenvalue weighted by molar-refractivity contribution is -0.139. The summed E-state index contributed by atoms with van der Waals surface area (Å²) in [4.78, 5) is 10.7. The molecule has 16 heavy (non-hydrogen) atoms. The molecule has 0 fully saturated rings. The Labute approximate surface area is 94.9 Å². The topological polar surface area (TPSA) is 69.6 Å². The SMILES string of the molecule is Cc1ccc(C(C)NC(C)C(=O)O)c(O)c1. The molecular formula is C12H17NO3. The van der Waals surface area contributed by atoms with E-state index in [4.69, 9.17) is 5.11 Å². The van der Waals surface area contributed by atoms with Crippen LogP contribution in [0, 0.1) is 6.92 Å². The predicted molar refractivity (Wildman–Crippen MR) is 61.5 cm³/mol. The van der Waals surface area contributed by atoms with Gasteiger partial charge in [-0.3, -0.25) is 10.1 Å². The minimum atomic E-state index is -0.904. The Morgan fingerprint density at radius 3 is 2.50 bits per heavy atom. The maximum Gasteiger partial charge on any atom is 0.320 e. The van der Waals surface area contributed by atoms with Crippen LogP contribution in [-0.2, 0) is 4.79 Å². The average molecular weight is 223 g/mol. The van der Waals surface area contributed by atoms with Crippen molar-refractivity contribution in [1.29, 1.82) is 0 Å². The Balaban J connectivity index is 2.80. The van der Waals surface area contributed by atoms with Gasteiger partial charge in [-0.05, 0) is 32.4 Å². The molecule has 1 aromatic rings. The standard InChI is InChI=1S/C12H17NO3/c1-7-4-5-10(11(14)6-7)8(2)13-9(3)12(15)16/h4-6,8-9,13-14H,1-3H3,(H,15,16). The molecule has 4 heteroatoms. The number of carbonyl (C=O) groups is 1. The van der Waals surface area contributed by atoms with E-state index in [9.17, 15) is 9.90 Å². The second-order valence-corrected chi connectivity index (χ2v) is 4.01. The molecule has 0 bridgehead atoms. The molecule has 0 saturated carbocycles. The highest BCUT2D eigenvalue weighted by atomic mass is 16.4. The molecular weight excluding hydrogens is 206 g/mol. The lowest BCUT2D eigenvalue weighted by Gasteiger charge is -2.18. The van der Waals surface area contributed by atoms with Crippen LogP contribution in [0.4, 0.5) is 0 Å². The van der Waals surface area contributed by atoms with E-state index < -0.39 is 12.0 Å². The first-order valence-corrected chi connectivity index (χ1v) is 5.20. The quantitative estimate of drug-likeness (QED) is 0.728. The lowest BCUT2D eigenvalue weighted by atomic mass is 10.0. The van der Waals surface area contributed by atoms with Crippen LogP contribution in [0.2, 0.25) is 0 Å². The van der Waals surface area contributed by atoms with Crippen LogP contribution in [0.15, 0.2) is 18.2 Å². The Hall–Kier alpha value is -1.55. The number of carboxylic acids is 1. The van der Waals surface area contributed by atoms with Crippen molar-refractivity contribution in [2.45, 2.75) is 32.9 Å². The molecule has 0 heterocycles. The Kier molecular flexibility index (Phi) is 3.90. The summed E-state index contributed by atoms with van der Waals surface area (Å²) in [6, 6.07) is 4.51. The molecule has 1 rings (SSSR count). The number of rotatable bonds is 4. The molecule has 0 aromatic heterocycles. The summed E-state index contributed by atoms with van der Waals surface area (Å²) >= 11 is 0. The maximum atomic E-state index is 10.7. The van der Waals surface area contributed by atoms with Gasteiger partial charge in [-0.2, -0.15) is 0 Å². The Morgan fingerprint density at radius 1 is 1.38 bits per heavy atom. The van der Waals surface area contributed by atoms with E-state index in [1.54, 1.807) is 19.1 Å². The number of phenolic OH excluding ortho intramolecular Hbond substituents is 1. The summed E-state index contributed by atoms with van der Waals surface area (Å²) < 4.78 is 0. The number of benzene rings is 1. The van der Waals surface area contributed by atoms with E-state index in [1.165, 1.54) is 0 Å². The number of nitrogens with one attached hydrogen (secondary N) is 1. The molecule has 0 spiro atoms. The van der Waals surface area contributed by atoms with Gasteiger partial charge in [0.2, 0.25) is 0 Å². The maximum absolute atomic E-state index is 10.7. The second-order valence-electron chi connectivity index (χ2n) is 4.01. The van der Waals surface area contributed by atoms with E-state index in [0.29, 0.717) is 5.56 Å². The molecule has 4 nitrogen and oxygen atoms in total. The smallest absolute Gasteiger partial charge is 0.320 e. The van der Waals surface area contributed by atoms with E-state index in [-0.39, 0.29) is 11.8 Å². The van der Waals surface area contributed by atoms with Crippen molar-refractivity contribution in [1.82, 2.24) is 5.32 Å². The summed E-state index contributed by atoms with van der Waals surface area (Å²) in [6.45, 7) is 5.29. The van der Waals surface area contributed by atoms with Crippen molar-refractivity contribution in [2.24, 2.45) is 0 Å². The Bertz CT molecular complexity index is 390. The van der Waals surface area contributed by atoms with Crippen LogP contribution in [0.1, 0.15) is 31.0 Å². The second kappa shape index (κ2) is 4.99. The zero-order valence-electron chi connectivity index (χ0n) is 9.69. The fourth-order valence-corrected chi connectivity index (χ4v) is 1.56. The molecule has 2 atom stereocenters. The van der Waals surface area contributed by atoms with Crippen LogP contribution in [0.3, 0.4) is 0 Å². The van der Waals surface area contributed by atoms with Gasteiger partial charge in [-0.25, -0.2) is 0 Å². The lowest BCUT2D eigenvalue weighted by Crippen LogP contribution is -2.35. The monoisotopic (exact) mass is 223 g/mol. The number of aromatic hydroxyl groups is 1. The highest BCUT2D eigenvalue weighted by Gasteiger charge is 2.16. The summed E-state index contributed by atoms with van der Waals surface area (Å²) in [5.74, 6) is -0.712. The summed E-state index contributed by atoms with van der Waals surface area (Å²) in [5.41, 5.74) is 1.68. The number of phenols is 1. The number of aliphatic carboxylic acids is 1. The number of hydrogen-bond donors (Lipinski definition) is 3. The normalized spacial score (nSPS) is 14.4. The highest BCUT2D eigenvalue weighted by Crippen LogP contribution is 2.25. The van der Waals surface area contributed by atoms with Crippen molar-refractivity contribution >= 4 is 5.97 Å². The van der Waals surface area contributed by atoms with Crippen LogP contribution in [0.25, 0.3) is 0 Å². The Morgan fingerprint density at radius 2 is 2.00 bits per heavy atom. The van der Waals surface area contributed by atoms with Crippen LogP contribution < -0.4 is 5.32 Å². The first kappa shape index (κ1) is 12.5. The van der Waals surface area contributed by atoms with Crippen molar-refractivity contribution in [3.63, 3.8) is 0 Å². The van der Waals surface area contributed by atoms with Gasteiger partial charge >= 0.3 is 5.97 Å². The highest BCUT2D eigenvalue weighted by molar-refractivity contribution is 5.72. The van der Waals surface area contributed by atoms with Gasteiger partial charge in [-0.1, -0.05) is 12.1 Å². The molecule has 0 aliphatic carbocycles. The third-order valence-corrected chi connectivity index (χ3v) is 2.52. The fraction of sp³-hybridized carbons (Fsp3) is 0.417. The van der Waals surface area contributed by atoms with Crippen LogP contribution in [0.5, 0.6) is 5.75 Å². The van der Waals surface area contributed by atoms with Gasteiger partial charge in [0.25, 0.3) is 0 Å². The van der Waals surface area contributed by atoms with Gasteiger partial charge in [-0.15, -0.1) is 0 Å². The molecule has 0 amide bonds.